The smallest absolute Gasteiger partial charge is 0.414 e. The van der Waals surface area contributed by atoms with Gasteiger partial charge in [0, 0.05) is 58.1 Å². The number of anilines is 3. The van der Waals surface area contributed by atoms with Crippen molar-refractivity contribution in [2.24, 2.45) is 5.41 Å². The highest BCUT2D eigenvalue weighted by Crippen LogP contribution is 2.56. The van der Waals surface area contributed by atoms with E-state index < -0.39 is 106 Å². The molecule has 134 heavy (non-hydrogen) atoms. The number of alkyl carbamates (subject to hydrolysis) is 1. The summed E-state index contributed by atoms with van der Waals surface area (Å²) in [6, 6.07) is 33.5. The number of hydrogen-bond donors (Lipinski definition) is 3. The highest BCUT2D eigenvalue weighted by Gasteiger charge is 2.57. The molecule has 0 aromatic heterocycles. The van der Waals surface area contributed by atoms with E-state index in [-0.39, 0.29) is 184 Å². The van der Waals surface area contributed by atoms with Gasteiger partial charge in [0.2, 0.25) is 18.3 Å². The summed E-state index contributed by atoms with van der Waals surface area (Å²) >= 11 is 0. The topological polar surface area (TPSA) is 392 Å². The molecule has 6 aromatic carbocycles. The lowest BCUT2D eigenvalue weighted by molar-refractivity contribution is -0.282. The Morgan fingerprint density at radius 1 is 0.604 bits per heavy atom. The van der Waals surface area contributed by atoms with Crippen molar-refractivity contribution in [2.45, 2.75) is 173 Å². The second-order valence-corrected chi connectivity index (χ2v) is 39.6. The number of ether oxygens (including phenoxy) is 18. The number of hydrogen-bond acceptors (Lipinski definition) is 29. The Hall–Kier alpha value is -12.3. The van der Waals surface area contributed by atoms with E-state index in [1.165, 1.54) is 55.5 Å². The maximum Gasteiger partial charge on any atom is 0.414 e. The van der Waals surface area contributed by atoms with Gasteiger partial charge in [-0.1, -0.05) is 100 Å². The standard InChI is InChI=1S/C98H122N6O29Si/c1-14-38-125-96(114)104-57-67-50-66(65-27-29-69(115-8)30-28-65)56-103(67)91(110)75-52-82(117-10)84(54-79(75)104)124-40-21-15-20-39-123-83-53-77(74(51-81(83)116-9)90(109)102-37-35-98(33-34-98)55-68(102)59-128-134(12,13)97(5,6)7)101-95(113)126-58-64-26-31-80(132-93-89(131-63(4)107)87(130-62(3)106)86(129-61(2)105)88(133-93)92(111)118-11)78(49-64)100-85(108)32-41-119-43-45-121-47-48-122-46-44-120-42-36-99-94(112)127-60-76-72-24-18-16-22-70(72)71-23-17-19-25-73(71)76/h14,16-19,22-31,49,51-54,56,67-68,76,86-89,93H,1,15,20-21,32-48,50,55,57-60H2,2-13H3,(H,99,112)(H,100,108)(H,101,113)/t67-,68-,86-,87-,88-,89+,93+/m0/s1. The van der Waals surface area contributed by atoms with Crippen LogP contribution in [0.4, 0.5) is 31.4 Å². The Kier molecular flexibility index (Phi) is 35.3. The zero-order valence-corrected chi connectivity index (χ0v) is 79.0. The van der Waals surface area contributed by atoms with E-state index in [4.69, 9.17) is 89.7 Å². The number of carbonyl (C=O) groups is 10. The van der Waals surface area contributed by atoms with Crippen molar-refractivity contribution >= 4 is 90.8 Å². The third-order valence-electron chi connectivity index (χ3n) is 24.5. The van der Waals surface area contributed by atoms with Crippen LogP contribution in [0, 0.1) is 5.41 Å². The molecule has 0 unspecified atom stereocenters. The first-order valence-corrected chi connectivity index (χ1v) is 47.9. The number of rotatable bonds is 45. The fourth-order valence-corrected chi connectivity index (χ4v) is 17.4. The van der Waals surface area contributed by atoms with Gasteiger partial charge in [-0.2, -0.15) is 0 Å². The van der Waals surface area contributed by atoms with E-state index in [1.54, 1.807) is 24.1 Å². The Morgan fingerprint density at radius 3 is 1.84 bits per heavy atom. The van der Waals surface area contributed by atoms with Gasteiger partial charge in [0.15, 0.2) is 49.6 Å². The van der Waals surface area contributed by atoms with Crippen molar-refractivity contribution < 1.29 is 138 Å². The van der Waals surface area contributed by atoms with E-state index in [1.807, 2.05) is 59.6 Å². The minimum atomic E-state index is -2.32. The van der Waals surface area contributed by atoms with E-state index >= 15 is 4.79 Å². The Morgan fingerprint density at radius 2 is 1.22 bits per heavy atom. The largest absolute Gasteiger partial charge is 0.497 e. The van der Waals surface area contributed by atoms with E-state index in [9.17, 15) is 43.2 Å². The molecule has 2 saturated heterocycles. The number of nitrogens with zero attached hydrogens (tertiary/aromatic N) is 3. The molecule has 3 fully saturated rings. The van der Waals surface area contributed by atoms with Crippen LogP contribution in [-0.2, 0) is 91.8 Å². The number of likely N-dealkylation sites (tertiary alicyclic amines) is 1. The Balaban J connectivity index is 0.696. The molecular formula is C98H122N6O29Si. The summed E-state index contributed by atoms with van der Waals surface area (Å²) in [5, 5.41) is 8.22. The second-order valence-electron chi connectivity index (χ2n) is 34.8. The SMILES string of the molecule is C=CCOC(=O)N1C[C@@H]2CC(c3ccc(OC)cc3)=CN2C(=O)c2cc(OC)c(OCCCCCOc3cc(NC(=O)OCc4ccc(O[C@@H]5O[C@H](C(=O)OC)[C@@H](OC(C)=O)[C@H](OC(C)=O)[C@H]5OC(C)=O)c(NC(=O)CCOCCOCCOCCOCCNC(=O)OCC5c6ccccc6-c6ccccc65)c4)c(C(=O)N4CCC5(CC5)C[C@H]4CO[Si](C)(C)C(C)(C)C)cc3OC)cc21. The average Bonchev–Trinajstić information content (AvgIpc) is 1.38. The third kappa shape index (κ3) is 26.2. The predicted molar refractivity (Wildman–Crippen MR) is 492 cm³/mol. The number of benzene rings is 6. The molecule has 35 nitrogen and oxygen atoms in total. The number of fused-ring (bicyclic) bond motifs is 5. The second kappa shape index (κ2) is 47.0. The predicted octanol–water partition coefficient (Wildman–Crippen LogP) is 13.9. The minimum Gasteiger partial charge on any atom is -0.497 e. The molecular weight excluding hydrogens is 1750 g/mol. The van der Waals surface area contributed by atoms with Gasteiger partial charge in [-0.15, -0.1) is 0 Å². The van der Waals surface area contributed by atoms with Crippen LogP contribution in [0.15, 0.2) is 134 Å². The number of piperidine rings is 1. The fourth-order valence-electron chi connectivity index (χ4n) is 16.4. The highest BCUT2D eigenvalue weighted by molar-refractivity contribution is 6.74. The summed E-state index contributed by atoms with van der Waals surface area (Å²) in [5.41, 5.74) is 7.20. The first-order chi connectivity index (χ1) is 64.4. The number of methoxy groups -OCH3 is 4. The molecule has 4 heterocycles. The van der Waals surface area contributed by atoms with Gasteiger partial charge < -0.3 is 110 Å². The van der Waals surface area contributed by atoms with Gasteiger partial charge >= 0.3 is 42.2 Å². The monoisotopic (exact) mass is 1870 g/mol. The van der Waals surface area contributed by atoms with Crippen molar-refractivity contribution in [3.63, 3.8) is 0 Å². The summed E-state index contributed by atoms with van der Waals surface area (Å²) in [6.45, 7) is 20.1. The fraction of sp³-hybridized carbons (Fsp3) is 0.490. The summed E-state index contributed by atoms with van der Waals surface area (Å²) in [5.74, 6) is -3.85. The summed E-state index contributed by atoms with van der Waals surface area (Å²) in [6.07, 6.45) is -2.48. The molecule has 3 N–H and O–H groups in total. The molecule has 2 aliphatic carbocycles. The van der Waals surface area contributed by atoms with Gasteiger partial charge in [0.1, 0.15) is 31.3 Å². The number of unbranched alkanes of at least 4 members (excludes halogenated alkanes) is 2. The van der Waals surface area contributed by atoms with Gasteiger partial charge in [0.05, 0.1) is 154 Å². The van der Waals surface area contributed by atoms with Crippen LogP contribution < -0.4 is 49.3 Å². The number of amides is 6. The van der Waals surface area contributed by atoms with Gasteiger partial charge in [0.25, 0.3) is 11.8 Å². The molecule has 7 atom stereocenters. The Bertz CT molecular complexity index is 5140. The molecule has 0 bridgehead atoms. The van der Waals surface area contributed by atoms with Crippen LogP contribution in [-0.4, -0.2) is 255 Å². The first kappa shape index (κ1) is 101. The van der Waals surface area contributed by atoms with E-state index in [0.29, 0.717) is 50.3 Å². The zero-order chi connectivity index (χ0) is 95.8. The van der Waals surface area contributed by atoms with Crippen LogP contribution >= 0.6 is 0 Å². The lowest BCUT2D eigenvalue weighted by atomic mass is 9.87. The van der Waals surface area contributed by atoms with Crippen molar-refractivity contribution in [1.29, 1.82) is 0 Å². The molecule has 0 radical (unpaired) electrons. The summed E-state index contributed by atoms with van der Waals surface area (Å²) in [7, 11) is 3.21. The van der Waals surface area contributed by atoms with Crippen LogP contribution in [0.3, 0.4) is 0 Å². The maximum absolute atomic E-state index is 15.5. The molecule has 6 aromatic rings. The molecule has 1 spiro atoms. The van der Waals surface area contributed by atoms with Gasteiger partial charge in [-0.3, -0.25) is 39.0 Å². The van der Waals surface area contributed by atoms with Gasteiger partial charge in [-0.25, -0.2) is 19.2 Å². The average molecular weight is 1880 g/mol. The van der Waals surface area contributed by atoms with Crippen LogP contribution in [0.5, 0.6) is 34.5 Å². The van der Waals surface area contributed by atoms with Crippen molar-refractivity contribution in [3.8, 4) is 45.6 Å². The first-order valence-electron chi connectivity index (χ1n) is 45.0. The molecule has 36 heteroatoms. The van der Waals surface area contributed by atoms with Crippen molar-refractivity contribution in [1.82, 2.24) is 15.1 Å². The van der Waals surface area contributed by atoms with E-state index in [2.05, 4.69) is 80.7 Å². The number of carbonyl (C=O) groups excluding carboxylic acids is 10. The lowest BCUT2D eigenvalue weighted by Crippen LogP contribution is -2.64. The Labute approximate surface area is 780 Å². The number of esters is 4. The van der Waals surface area contributed by atoms with Crippen molar-refractivity contribution in [3.05, 3.63) is 167 Å². The minimum absolute atomic E-state index is 0.0247. The summed E-state index contributed by atoms with van der Waals surface area (Å²) < 4.78 is 111. The summed E-state index contributed by atoms with van der Waals surface area (Å²) in [4.78, 5) is 142. The third-order valence-corrected chi connectivity index (χ3v) is 29.0. The van der Waals surface area contributed by atoms with Crippen molar-refractivity contribution in [2.75, 3.05) is 149 Å². The maximum atomic E-state index is 15.5. The molecule has 1 saturated carbocycles. The van der Waals surface area contributed by atoms with Gasteiger partial charge in [-0.05, 0) is 150 Å². The molecule has 722 valence electrons. The van der Waals surface area contributed by atoms with Crippen LogP contribution in [0.1, 0.15) is 148 Å². The highest BCUT2D eigenvalue weighted by atomic mass is 28.4. The molecule has 6 aliphatic rings. The lowest BCUT2D eigenvalue weighted by Gasteiger charge is -2.43. The van der Waals surface area contributed by atoms with Crippen LogP contribution in [0.2, 0.25) is 18.1 Å². The normalized spacial score (nSPS) is 18.6. The molecule has 6 amide bonds. The van der Waals surface area contributed by atoms with E-state index in [0.717, 1.165) is 87.0 Å². The quantitative estimate of drug-likeness (QED) is 0.0105. The number of nitrogens with one attached hydrogen (secondary N) is 3. The zero-order valence-electron chi connectivity index (χ0n) is 78.0. The van der Waals surface area contributed by atoms with Crippen LogP contribution in [0.25, 0.3) is 16.7 Å². The molecule has 4 aliphatic heterocycles. The molecule has 12 rings (SSSR count).